The predicted octanol–water partition coefficient (Wildman–Crippen LogP) is 3.12. The van der Waals surface area contributed by atoms with E-state index in [9.17, 15) is 0 Å². The van der Waals surface area contributed by atoms with E-state index in [0.717, 1.165) is 10.4 Å². The van der Waals surface area contributed by atoms with Crippen LogP contribution in [0.2, 0.25) is 0 Å². The van der Waals surface area contributed by atoms with Crippen molar-refractivity contribution >= 4 is 34.7 Å². The van der Waals surface area contributed by atoms with Crippen molar-refractivity contribution in [2.75, 3.05) is 0 Å². The molecular weight excluding hydrogens is 204 g/mol. The van der Waals surface area contributed by atoms with Crippen molar-refractivity contribution in [1.29, 1.82) is 0 Å². The van der Waals surface area contributed by atoms with E-state index in [1.807, 2.05) is 0 Å². The average Bonchev–Trinajstić information content (AvgIpc) is 2.32. The number of benzene rings is 3. The van der Waals surface area contributed by atoms with E-state index in [1.165, 1.54) is 27.1 Å². The van der Waals surface area contributed by atoms with Crippen LogP contribution in [0.4, 0.5) is 0 Å². The topological polar surface area (TPSA) is 0 Å². The maximum Gasteiger partial charge on any atom is -0.00990 e. The molecule has 82 valence electrons. The normalized spacial score (nSPS) is 11.1. The smallest absolute Gasteiger partial charge is 0.00990 e. The highest BCUT2D eigenvalue weighted by Gasteiger charge is 2.02. The highest BCUT2D eigenvalue weighted by atomic mass is 14.1. The van der Waals surface area contributed by atoms with E-state index in [4.69, 9.17) is 0 Å². The summed E-state index contributed by atoms with van der Waals surface area (Å²) in [4.78, 5) is 0. The zero-order valence-electron chi connectivity index (χ0n) is 9.96. The van der Waals surface area contributed by atoms with Crippen LogP contribution in [0.25, 0.3) is 34.7 Å². The maximum atomic E-state index is 4.04. The molecule has 0 aromatic heterocycles. The Morgan fingerprint density at radius 1 is 0.765 bits per heavy atom. The van der Waals surface area contributed by atoms with Gasteiger partial charge in [0.05, 0.1) is 0 Å². The van der Waals surface area contributed by atoms with Crippen LogP contribution in [0.3, 0.4) is 0 Å². The van der Waals surface area contributed by atoms with E-state index >= 15 is 0 Å². The molecule has 0 saturated carbocycles. The van der Waals surface area contributed by atoms with Crippen LogP contribution in [0.1, 0.15) is 5.56 Å². The summed E-state index contributed by atoms with van der Waals surface area (Å²) in [5.41, 5.74) is 1.31. The molecule has 0 heteroatoms. The number of aryl methyl sites for hydroxylation is 1. The molecule has 0 aliphatic carbocycles. The molecule has 0 nitrogen and oxygen atoms in total. The largest absolute Gasteiger partial charge is 0.0912 e. The maximum absolute atomic E-state index is 4.04. The second kappa shape index (κ2) is 3.46. The van der Waals surface area contributed by atoms with Crippen LogP contribution in [0.15, 0.2) is 42.5 Å². The Morgan fingerprint density at radius 3 is 2.18 bits per heavy atom. The molecule has 0 unspecified atom stereocenters. The molecule has 0 amide bonds. The Morgan fingerprint density at radius 2 is 1.41 bits per heavy atom. The SMILES string of the molecule is C=c1cc2cc(C)c3ccccc3c2cc1=C. The Bertz CT molecular complexity index is 826. The number of rotatable bonds is 0. The van der Waals surface area contributed by atoms with Crippen LogP contribution < -0.4 is 10.4 Å². The molecule has 0 aliphatic rings. The molecule has 0 saturated heterocycles. The summed E-state index contributed by atoms with van der Waals surface area (Å²) in [6, 6.07) is 15.0. The number of hydrogen-bond acceptors (Lipinski definition) is 0. The van der Waals surface area contributed by atoms with Gasteiger partial charge in [-0.15, -0.1) is 0 Å². The first-order valence-electron chi connectivity index (χ1n) is 5.77. The van der Waals surface area contributed by atoms with Crippen molar-refractivity contribution in [3.8, 4) is 0 Å². The van der Waals surface area contributed by atoms with Crippen molar-refractivity contribution in [3.05, 3.63) is 58.5 Å². The van der Waals surface area contributed by atoms with Crippen LogP contribution >= 0.6 is 0 Å². The highest BCUT2D eigenvalue weighted by Crippen LogP contribution is 2.26. The molecule has 3 aromatic carbocycles. The van der Waals surface area contributed by atoms with Crippen molar-refractivity contribution < 1.29 is 0 Å². The third kappa shape index (κ3) is 1.45. The molecular formula is C17H14. The summed E-state index contributed by atoms with van der Waals surface area (Å²) < 4.78 is 0. The zero-order chi connectivity index (χ0) is 12.0. The number of hydrogen-bond donors (Lipinski definition) is 0. The van der Waals surface area contributed by atoms with Gasteiger partial charge in [0, 0.05) is 0 Å². The molecule has 3 aromatic rings. The molecule has 17 heavy (non-hydrogen) atoms. The standard InChI is InChI=1S/C17H14/c1-11-8-14-9-13(3)15-6-4-5-7-16(15)17(14)10-12(11)2/h4-10H,1-2H2,3H3. The minimum Gasteiger partial charge on any atom is -0.0912 e. The average molecular weight is 218 g/mol. The van der Waals surface area contributed by atoms with Crippen LogP contribution in [0.5, 0.6) is 0 Å². The molecule has 0 aliphatic heterocycles. The summed E-state index contributed by atoms with van der Waals surface area (Å²) in [5.74, 6) is 0. The fourth-order valence-corrected chi connectivity index (χ4v) is 2.43. The summed E-state index contributed by atoms with van der Waals surface area (Å²) >= 11 is 0. The van der Waals surface area contributed by atoms with Gasteiger partial charge in [0.15, 0.2) is 0 Å². The van der Waals surface area contributed by atoms with Crippen molar-refractivity contribution in [3.63, 3.8) is 0 Å². The molecule has 3 rings (SSSR count). The van der Waals surface area contributed by atoms with Gasteiger partial charge < -0.3 is 0 Å². The lowest BCUT2D eigenvalue weighted by Crippen LogP contribution is -2.20. The third-order valence-corrected chi connectivity index (χ3v) is 3.39. The Hall–Kier alpha value is -2.08. The first-order valence-corrected chi connectivity index (χ1v) is 5.77. The summed E-state index contributed by atoms with van der Waals surface area (Å²) in [6.07, 6.45) is 0. The van der Waals surface area contributed by atoms with E-state index in [2.05, 4.69) is 62.5 Å². The zero-order valence-corrected chi connectivity index (χ0v) is 9.96. The molecule has 0 bridgehead atoms. The van der Waals surface area contributed by atoms with E-state index in [0.29, 0.717) is 0 Å². The first kappa shape index (κ1) is 10.1. The third-order valence-electron chi connectivity index (χ3n) is 3.39. The Balaban J connectivity index is 2.68. The number of fused-ring (bicyclic) bond motifs is 3. The lowest BCUT2D eigenvalue weighted by Gasteiger charge is -2.07. The molecule has 0 heterocycles. The van der Waals surface area contributed by atoms with Gasteiger partial charge in [-0.25, -0.2) is 0 Å². The van der Waals surface area contributed by atoms with Crippen molar-refractivity contribution in [2.24, 2.45) is 0 Å². The van der Waals surface area contributed by atoms with E-state index in [-0.39, 0.29) is 0 Å². The second-order valence-corrected chi connectivity index (χ2v) is 4.58. The van der Waals surface area contributed by atoms with Gasteiger partial charge in [0.2, 0.25) is 0 Å². The minimum atomic E-state index is 1.01. The fraction of sp³-hybridized carbons (Fsp3) is 0.0588. The van der Waals surface area contributed by atoms with Gasteiger partial charge in [-0.2, -0.15) is 0 Å². The molecule has 0 N–H and O–H groups in total. The van der Waals surface area contributed by atoms with Gasteiger partial charge >= 0.3 is 0 Å². The minimum absolute atomic E-state index is 1.01. The monoisotopic (exact) mass is 218 g/mol. The molecule has 0 atom stereocenters. The van der Waals surface area contributed by atoms with Crippen LogP contribution in [-0.4, -0.2) is 0 Å². The van der Waals surface area contributed by atoms with Crippen LogP contribution in [-0.2, 0) is 0 Å². The van der Waals surface area contributed by atoms with Crippen molar-refractivity contribution in [2.45, 2.75) is 6.92 Å². The quantitative estimate of drug-likeness (QED) is 0.509. The highest BCUT2D eigenvalue weighted by molar-refractivity contribution is 6.08. The molecule has 0 spiro atoms. The molecule has 0 radical (unpaired) electrons. The Labute approximate surface area is 101 Å². The predicted molar refractivity (Wildman–Crippen MR) is 76.5 cm³/mol. The van der Waals surface area contributed by atoms with Crippen LogP contribution in [0, 0.1) is 6.92 Å². The first-order chi connectivity index (χ1) is 8.16. The summed E-state index contributed by atoms with van der Waals surface area (Å²) in [5, 5.41) is 7.14. The Kier molecular flexibility index (Phi) is 2.05. The van der Waals surface area contributed by atoms with Gasteiger partial charge in [-0.1, -0.05) is 43.5 Å². The second-order valence-electron chi connectivity index (χ2n) is 4.58. The molecule has 0 fully saturated rings. The summed E-state index contributed by atoms with van der Waals surface area (Å²) in [6.45, 7) is 10.2. The summed E-state index contributed by atoms with van der Waals surface area (Å²) in [7, 11) is 0. The van der Waals surface area contributed by atoms with Crippen molar-refractivity contribution in [1.82, 2.24) is 0 Å². The van der Waals surface area contributed by atoms with Gasteiger partial charge in [-0.3, -0.25) is 0 Å². The lowest BCUT2D eigenvalue weighted by atomic mass is 9.97. The fourth-order valence-electron chi connectivity index (χ4n) is 2.43. The lowest BCUT2D eigenvalue weighted by molar-refractivity contribution is 1.54. The van der Waals surface area contributed by atoms with Gasteiger partial charge in [0.1, 0.15) is 0 Å². The van der Waals surface area contributed by atoms with E-state index < -0.39 is 0 Å². The van der Waals surface area contributed by atoms with E-state index in [1.54, 1.807) is 0 Å². The van der Waals surface area contributed by atoms with Gasteiger partial charge in [-0.05, 0) is 56.6 Å². The van der Waals surface area contributed by atoms with Gasteiger partial charge in [0.25, 0.3) is 0 Å².